The van der Waals surface area contributed by atoms with Crippen molar-refractivity contribution in [2.45, 2.75) is 6.61 Å². The first-order valence-electron chi connectivity index (χ1n) is 4.74. The molecule has 0 bridgehead atoms. The molecule has 2 aromatic rings. The van der Waals surface area contributed by atoms with Gasteiger partial charge >= 0.3 is 0 Å². The number of aromatic amines is 1. The molecule has 1 aromatic heterocycles. The minimum absolute atomic E-state index is 0.572. The highest BCUT2D eigenvalue weighted by Gasteiger charge is 2.01. The van der Waals surface area contributed by atoms with Gasteiger partial charge in [-0.25, -0.2) is 0 Å². The molecular weight excluding hydrogens is 176 g/mol. The number of benzene rings is 1. The number of para-hydroxylation sites is 1. The summed E-state index contributed by atoms with van der Waals surface area (Å²) >= 11 is 0. The summed E-state index contributed by atoms with van der Waals surface area (Å²) in [7, 11) is 0. The Labute approximate surface area is 82.9 Å². The Morgan fingerprint density at radius 3 is 3.00 bits per heavy atom. The van der Waals surface area contributed by atoms with Crippen LogP contribution in [0.3, 0.4) is 0 Å². The molecule has 74 valence electrons. The molecule has 0 aliphatic carbocycles. The third kappa shape index (κ3) is 1.78. The van der Waals surface area contributed by atoms with Crippen LogP contribution in [0.4, 0.5) is 0 Å². The zero-order chi connectivity index (χ0) is 9.80. The number of nitrogens with two attached hydrogens (primary N) is 1. The van der Waals surface area contributed by atoms with E-state index in [9.17, 15) is 0 Å². The molecule has 2 rings (SSSR count). The van der Waals surface area contributed by atoms with Crippen LogP contribution < -0.4 is 5.73 Å². The molecule has 3 N–H and O–H groups in total. The molecule has 0 aliphatic heterocycles. The van der Waals surface area contributed by atoms with E-state index in [0.717, 1.165) is 5.52 Å². The maximum Gasteiger partial charge on any atom is 0.0738 e. The van der Waals surface area contributed by atoms with Crippen LogP contribution in [0.5, 0.6) is 0 Å². The highest BCUT2D eigenvalue weighted by Crippen LogP contribution is 2.17. The first-order valence-corrected chi connectivity index (χ1v) is 4.74. The lowest BCUT2D eigenvalue weighted by molar-refractivity contribution is 0.129. The van der Waals surface area contributed by atoms with Crippen LogP contribution in [-0.4, -0.2) is 18.1 Å². The van der Waals surface area contributed by atoms with Crippen molar-refractivity contribution in [1.29, 1.82) is 0 Å². The summed E-state index contributed by atoms with van der Waals surface area (Å²) in [5, 5.41) is 1.23. The Morgan fingerprint density at radius 1 is 1.29 bits per heavy atom. The molecule has 0 saturated carbocycles. The number of H-pyrrole nitrogens is 1. The second-order valence-electron chi connectivity index (χ2n) is 3.20. The van der Waals surface area contributed by atoms with Crippen LogP contribution in [0.25, 0.3) is 10.9 Å². The largest absolute Gasteiger partial charge is 0.375 e. The van der Waals surface area contributed by atoms with E-state index in [1.165, 1.54) is 10.9 Å². The van der Waals surface area contributed by atoms with Crippen LogP contribution >= 0.6 is 0 Å². The number of hydrogen-bond donors (Lipinski definition) is 2. The van der Waals surface area contributed by atoms with E-state index in [2.05, 4.69) is 17.1 Å². The maximum atomic E-state index is 5.39. The second kappa shape index (κ2) is 4.26. The van der Waals surface area contributed by atoms with E-state index in [-0.39, 0.29) is 0 Å². The van der Waals surface area contributed by atoms with E-state index in [1.807, 2.05) is 18.3 Å². The Kier molecular flexibility index (Phi) is 2.81. The van der Waals surface area contributed by atoms with Gasteiger partial charge in [0.1, 0.15) is 0 Å². The predicted octanol–water partition coefficient (Wildman–Crippen LogP) is 1.64. The van der Waals surface area contributed by atoms with Crippen molar-refractivity contribution in [1.82, 2.24) is 4.98 Å². The van der Waals surface area contributed by atoms with Gasteiger partial charge in [-0.3, -0.25) is 0 Å². The topological polar surface area (TPSA) is 51.0 Å². The molecule has 0 unspecified atom stereocenters. The molecule has 3 heteroatoms. The van der Waals surface area contributed by atoms with Crippen LogP contribution in [0.2, 0.25) is 0 Å². The molecule has 1 heterocycles. The van der Waals surface area contributed by atoms with Gasteiger partial charge in [0.2, 0.25) is 0 Å². The average molecular weight is 190 g/mol. The van der Waals surface area contributed by atoms with E-state index in [0.29, 0.717) is 19.8 Å². The van der Waals surface area contributed by atoms with E-state index in [4.69, 9.17) is 10.5 Å². The molecule has 0 spiro atoms. The van der Waals surface area contributed by atoms with Crippen LogP contribution in [-0.2, 0) is 11.3 Å². The molecule has 0 radical (unpaired) electrons. The molecular formula is C11H14N2O. The number of rotatable bonds is 4. The second-order valence-corrected chi connectivity index (χ2v) is 3.20. The molecule has 1 aromatic carbocycles. The number of hydrogen-bond acceptors (Lipinski definition) is 2. The van der Waals surface area contributed by atoms with Crippen molar-refractivity contribution >= 4 is 10.9 Å². The van der Waals surface area contributed by atoms with E-state index < -0.39 is 0 Å². The van der Waals surface area contributed by atoms with Crippen molar-refractivity contribution in [3.05, 3.63) is 36.0 Å². The summed E-state index contributed by atoms with van der Waals surface area (Å²) in [6.45, 7) is 1.81. The van der Waals surface area contributed by atoms with Gasteiger partial charge < -0.3 is 15.5 Å². The third-order valence-corrected chi connectivity index (χ3v) is 2.19. The van der Waals surface area contributed by atoms with Crippen LogP contribution in [0, 0.1) is 0 Å². The van der Waals surface area contributed by atoms with Crippen LogP contribution in [0.1, 0.15) is 5.56 Å². The van der Waals surface area contributed by atoms with Crippen molar-refractivity contribution in [2.24, 2.45) is 5.73 Å². The lowest BCUT2D eigenvalue weighted by Gasteiger charge is -2.00. The van der Waals surface area contributed by atoms with Gasteiger partial charge in [-0.15, -0.1) is 0 Å². The first kappa shape index (κ1) is 9.24. The molecule has 0 saturated heterocycles. The summed E-state index contributed by atoms with van der Waals surface area (Å²) < 4.78 is 5.39. The van der Waals surface area contributed by atoms with Gasteiger partial charge in [0.25, 0.3) is 0 Å². The number of fused-ring (bicyclic) bond motifs is 1. The van der Waals surface area contributed by atoms with E-state index in [1.54, 1.807) is 0 Å². The lowest BCUT2D eigenvalue weighted by atomic mass is 10.2. The van der Waals surface area contributed by atoms with Gasteiger partial charge in [-0.1, -0.05) is 18.2 Å². The average Bonchev–Trinajstić information content (AvgIpc) is 2.63. The van der Waals surface area contributed by atoms with Gasteiger partial charge in [0.15, 0.2) is 0 Å². The Bertz CT molecular complexity index is 408. The molecule has 0 atom stereocenters. The monoisotopic (exact) mass is 190 g/mol. The minimum atomic E-state index is 0.572. The highest BCUT2D eigenvalue weighted by atomic mass is 16.5. The third-order valence-electron chi connectivity index (χ3n) is 2.19. The highest BCUT2D eigenvalue weighted by molar-refractivity contribution is 5.82. The normalized spacial score (nSPS) is 10.9. The van der Waals surface area contributed by atoms with Gasteiger partial charge in [0.05, 0.1) is 13.2 Å². The molecule has 3 nitrogen and oxygen atoms in total. The molecule has 14 heavy (non-hydrogen) atoms. The fourth-order valence-corrected chi connectivity index (χ4v) is 1.52. The standard InChI is InChI=1S/C11H14N2O/c12-5-6-14-8-9-7-13-11-4-2-1-3-10(9)11/h1-4,7,13H,5-6,8,12H2. The number of nitrogens with one attached hydrogen (secondary N) is 1. The minimum Gasteiger partial charge on any atom is -0.375 e. The fraction of sp³-hybridized carbons (Fsp3) is 0.273. The van der Waals surface area contributed by atoms with Crippen molar-refractivity contribution in [2.75, 3.05) is 13.2 Å². The van der Waals surface area contributed by atoms with E-state index >= 15 is 0 Å². The van der Waals surface area contributed by atoms with Gasteiger partial charge in [0, 0.05) is 29.2 Å². The zero-order valence-electron chi connectivity index (χ0n) is 7.99. The Balaban J connectivity index is 2.17. The maximum absolute atomic E-state index is 5.39. The van der Waals surface area contributed by atoms with Gasteiger partial charge in [-0.2, -0.15) is 0 Å². The fourth-order valence-electron chi connectivity index (χ4n) is 1.52. The molecule has 0 fully saturated rings. The molecule has 0 aliphatic rings. The summed E-state index contributed by atoms with van der Waals surface area (Å²) in [6.07, 6.45) is 1.99. The smallest absolute Gasteiger partial charge is 0.0738 e. The summed E-state index contributed by atoms with van der Waals surface area (Å²) in [5.74, 6) is 0. The quantitative estimate of drug-likeness (QED) is 0.720. The number of ether oxygens (including phenoxy) is 1. The summed E-state index contributed by atoms with van der Waals surface area (Å²) in [4.78, 5) is 3.20. The zero-order valence-corrected chi connectivity index (χ0v) is 7.99. The SMILES string of the molecule is NCCOCc1c[nH]c2ccccc12. The van der Waals surface area contributed by atoms with Crippen molar-refractivity contribution in [3.63, 3.8) is 0 Å². The first-order chi connectivity index (χ1) is 6.92. The van der Waals surface area contributed by atoms with Crippen molar-refractivity contribution in [3.8, 4) is 0 Å². The number of aromatic nitrogens is 1. The molecule has 0 amide bonds. The van der Waals surface area contributed by atoms with Crippen molar-refractivity contribution < 1.29 is 4.74 Å². The van der Waals surface area contributed by atoms with Gasteiger partial charge in [-0.05, 0) is 6.07 Å². The summed E-state index contributed by atoms with van der Waals surface area (Å²) in [5.41, 5.74) is 7.69. The lowest BCUT2D eigenvalue weighted by Crippen LogP contribution is -2.07. The summed E-state index contributed by atoms with van der Waals surface area (Å²) in [6, 6.07) is 8.20. The Hall–Kier alpha value is -1.32. The predicted molar refractivity (Wildman–Crippen MR) is 57.0 cm³/mol. The Morgan fingerprint density at radius 2 is 2.14 bits per heavy atom. The van der Waals surface area contributed by atoms with Crippen LogP contribution in [0.15, 0.2) is 30.5 Å².